The first-order valence-electron chi connectivity index (χ1n) is 2.84. The molecule has 6 heteroatoms. The van der Waals surface area contributed by atoms with Crippen LogP contribution in [0.5, 0.6) is 0 Å². The van der Waals surface area contributed by atoms with Crippen molar-refractivity contribution in [2.45, 2.75) is 19.9 Å². The summed E-state index contributed by atoms with van der Waals surface area (Å²) in [5.41, 5.74) is 2.53. The lowest BCUT2D eigenvalue weighted by Crippen LogP contribution is -2.29. The molecule has 0 amide bonds. The van der Waals surface area contributed by atoms with Gasteiger partial charge in [-0.25, -0.2) is 9.59 Å². The van der Waals surface area contributed by atoms with Gasteiger partial charge in [0.1, 0.15) is 0 Å². The Morgan fingerprint density at radius 1 is 1.27 bits per heavy atom. The first-order chi connectivity index (χ1) is 4.91. The fraction of sp³-hybridized carbons (Fsp3) is 0.600. The molecule has 0 spiro atoms. The van der Waals surface area contributed by atoms with E-state index in [1.54, 1.807) is 0 Å². The van der Waals surface area contributed by atoms with Gasteiger partial charge in [-0.05, 0) is 13.8 Å². The summed E-state index contributed by atoms with van der Waals surface area (Å²) in [6, 6.07) is 0.412. The van der Waals surface area contributed by atoms with E-state index in [9.17, 15) is 0 Å². The normalized spacial score (nSPS) is 8.36. The fourth-order valence-electron chi connectivity index (χ4n) is 0. The van der Waals surface area contributed by atoms with Crippen molar-refractivity contribution in [1.29, 1.82) is 0 Å². The standard InChI is InChI=1S/C3H10N2.C2H2O4/c1-3(2)5-4;3-1(4)2(5)6/h3,5H,4H2,1-2H3;(H,3,4)(H,5,6). The van der Waals surface area contributed by atoms with Gasteiger partial charge in [-0.3, -0.25) is 11.3 Å². The Kier molecular flexibility index (Phi) is 7.94. The first kappa shape index (κ1) is 12.5. The first-order valence-corrected chi connectivity index (χ1v) is 2.84. The molecule has 0 unspecified atom stereocenters. The zero-order valence-electron chi connectivity index (χ0n) is 6.37. The molecule has 0 fully saturated rings. The summed E-state index contributed by atoms with van der Waals surface area (Å²) in [5.74, 6) is 1.27. The zero-order chi connectivity index (χ0) is 9.44. The molecule has 0 bridgehead atoms. The van der Waals surface area contributed by atoms with Gasteiger partial charge < -0.3 is 10.2 Å². The molecule has 6 nitrogen and oxygen atoms in total. The number of hydrogen-bond donors (Lipinski definition) is 4. The van der Waals surface area contributed by atoms with Gasteiger partial charge in [0.15, 0.2) is 0 Å². The van der Waals surface area contributed by atoms with Gasteiger partial charge in [0, 0.05) is 6.04 Å². The number of aliphatic carboxylic acids is 2. The van der Waals surface area contributed by atoms with Crippen molar-refractivity contribution in [3.05, 3.63) is 0 Å². The topological polar surface area (TPSA) is 113 Å². The van der Waals surface area contributed by atoms with E-state index in [0.717, 1.165) is 0 Å². The molecule has 11 heavy (non-hydrogen) atoms. The summed E-state index contributed by atoms with van der Waals surface area (Å²) < 4.78 is 0. The van der Waals surface area contributed by atoms with Gasteiger partial charge in [-0.15, -0.1) is 0 Å². The number of carboxylic acids is 2. The predicted molar refractivity (Wildman–Crippen MR) is 37.7 cm³/mol. The van der Waals surface area contributed by atoms with Gasteiger partial charge in [0.05, 0.1) is 0 Å². The summed E-state index contributed by atoms with van der Waals surface area (Å²) in [4.78, 5) is 18.2. The van der Waals surface area contributed by atoms with Crippen molar-refractivity contribution in [2.24, 2.45) is 5.84 Å². The molecule has 0 aromatic rings. The highest BCUT2D eigenvalue weighted by atomic mass is 16.4. The largest absolute Gasteiger partial charge is 0.473 e. The minimum Gasteiger partial charge on any atom is -0.473 e. The van der Waals surface area contributed by atoms with E-state index >= 15 is 0 Å². The molecule has 5 N–H and O–H groups in total. The molecule has 0 radical (unpaired) electrons. The smallest absolute Gasteiger partial charge is 0.414 e. The average Bonchev–Trinajstić information content (AvgIpc) is 1.89. The molecule has 0 aromatic carbocycles. The van der Waals surface area contributed by atoms with Gasteiger partial charge in [0.25, 0.3) is 0 Å². The van der Waals surface area contributed by atoms with Crippen molar-refractivity contribution in [1.82, 2.24) is 5.43 Å². The Labute approximate surface area is 64.0 Å². The third-order valence-electron chi connectivity index (χ3n) is 0.516. The quantitative estimate of drug-likeness (QED) is 0.225. The molecule has 0 aliphatic rings. The van der Waals surface area contributed by atoms with E-state index < -0.39 is 11.9 Å². The summed E-state index contributed by atoms with van der Waals surface area (Å²) in [6.07, 6.45) is 0. The van der Waals surface area contributed by atoms with Crippen molar-refractivity contribution in [3.8, 4) is 0 Å². The van der Waals surface area contributed by atoms with E-state index in [4.69, 9.17) is 25.6 Å². The average molecular weight is 164 g/mol. The molecule has 0 saturated heterocycles. The van der Waals surface area contributed by atoms with Gasteiger partial charge >= 0.3 is 11.9 Å². The van der Waals surface area contributed by atoms with Crippen molar-refractivity contribution >= 4 is 11.9 Å². The number of nitrogens with one attached hydrogen (secondary N) is 1. The lowest BCUT2D eigenvalue weighted by molar-refractivity contribution is -0.159. The van der Waals surface area contributed by atoms with Crippen LogP contribution in [0.2, 0.25) is 0 Å². The molecular weight excluding hydrogens is 152 g/mol. The van der Waals surface area contributed by atoms with Gasteiger partial charge in [0.2, 0.25) is 0 Å². The third kappa shape index (κ3) is 17.7. The molecule has 66 valence electrons. The number of rotatable bonds is 1. The molecule has 0 aromatic heterocycles. The summed E-state index contributed by atoms with van der Waals surface area (Å²) >= 11 is 0. The highest BCUT2D eigenvalue weighted by Gasteiger charge is 2.04. The Morgan fingerprint density at radius 2 is 1.45 bits per heavy atom. The van der Waals surface area contributed by atoms with E-state index in [1.807, 2.05) is 13.8 Å². The molecule has 0 aliphatic heterocycles. The second-order valence-corrected chi connectivity index (χ2v) is 1.93. The maximum Gasteiger partial charge on any atom is 0.414 e. The van der Waals surface area contributed by atoms with Gasteiger partial charge in [-0.2, -0.15) is 0 Å². The van der Waals surface area contributed by atoms with Crippen LogP contribution in [0.3, 0.4) is 0 Å². The fourth-order valence-corrected chi connectivity index (χ4v) is 0. The SMILES string of the molecule is CC(C)NN.O=C(O)C(=O)O. The van der Waals surface area contributed by atoms with Crippen LogP contribution in [0.25, 0.3) is 0 Å². The van der Waals surface area contributed by atoms with Crippen LogP contribution < -0.4 is 11.3 Å². The van der Waals surface area contributed by atoms with Crippen molar-refractivity contribution in [3.63, 3.8) is 0 Å². The second-order valence-electron chi connectivity index (χ2n) is 1.93. The monoisotopic (exact) mass is 164 g/mol. The van der Waals surface area contributed by atoms with E-state index in [0.29, 0.717) is 6.04 Å². The summed E-state index contributed by atoms with van der Waals surface area (Å²) in [7, 11) is 0. The second kappa shape index (κ2) is 6.97. The number of carbonyl (C=O) groups is 2. The Morgan fingerprint density at radius 3 is 1.45 bits per heavy atom. The highest BCUT2D eigenvalue weighted by molar-refractivity contribution is 6.27. The summed E-state index contributed by atoms with van der Waals surface area (Å²) in [6.45, 7) is 3.97. The Balaban J connectivity index is 0. The lowest BCUT2D eigenvalue weighted by Gasteiger charge is -1.95. The summed E-state index contributed by atoms with van der Waals surface area (Å²) in [5, 5.41) is 14.8. The lowest BCUT2D eigenvalue weighted by atomic mass is 10.4. The van der Waals surface area contributed by atoms with Crippen LogP contribution in [-0.2, 0) is 9.59 Å². The maximum atomic E-state index is 9.10. The molecule has 0 atom stereocenters. The molecule has 0 heterocycles. The van der Waals surface area contributed by atoms with Gasteiger partial charge in [-0.1, -0.05) is 0 Å². The third-order valence-corrected chi connectivity index (χ3v) is 0.516. The molecule has 0 aliphatic carbocycles. The van der Waals surface area contributed by atoms with Crippen LogP contribution >= 0.6 is 0 Å². The maximum absolute atomic E-state index is 9.10. The number of nitrogens with two attached hydrogens (primary N) is 1. The Hall–Kier alpha value is -1.14. The number of carboxylic acid groups (broad SMARTS) is 2. The van der Waals surface area contributed by atoms with E-state index in [2.05, 4.69) is 5.43 Å². The van der Waals surface area contributed by atoms with Crippen LogP contribution in [0.4, 0.5) is 0 Å². The predicted octanol–water partition coefficient (Wildman–Crippen LogP) is -0.986. The molecule has 0 rings (SSSR count). The van der Waals surface area contributed by atoms with Crippen molar-refractivity contribution < 1.29 is 19.8 Å². The van der Waals surface area contributed by atoms with Crippen LogP contribution in [0, 0.1) is 0 Å². The highest BCUT2D eigenvalue weighted by Crippen LogP contribution is 1.64. The molecular formula is C5H12N2O4. The minimum atomic E-state index is -1.82. The van der Waals surface area contributed by atoms with E-state index in [-0.39, 0.29) is 0 Å². The number of hydrogen-bond acceptors (Lipinski definition) is 4. The molecule has 0 saturated carbocycles. The van der Waals surface area contributed by atoms with Crippen LogP contribution in [-0.4, -0.2) is 28.2 Å². The van der Waals surface area contributed by atoms with Crippen molar-refractivity contribution in [2.75, 3.05) is 0 Å². The Bertz CT molecular complexity index is 122. The zero-order valence-corrected chi connectivity index (χ0v) is 6.37. The van der Waals surface area contributed by atoms with Crippen LogP contribution in [0.15, 0.2) is 0 Å². The number of hydrazine groups is 1. The van der Waals surface area contributed by atoms with Crippen LogP contribution in [0.1, 0.15) is 13.8 Å². The minimum absolute atomic E-state index is 0.412. The van der Waals surface area contributed by atoms with E-state index in [1.165, 1.54) is 0 Å².